The van der Waals surface area contributed by atoms with E-state index in [0.717, 1.165) is 22.9 Å². The zero-order valence-electron chi connectivity index (χ0n) is 20.7. The third-order valence-electron chi connectivity index (χ3n) is 6.04. The summed E-state index contributed by atoms with van der Waals surface area (Å²) in [7, 11) is 0. The summed E-state index contributed by atoms with van der Waals surface area (Å²) < 4.78 is 53.7. The van der Waals surface area contributed by atoms with Crippen LogP contribution < -0.4 is 15.7 Å². The van der Waals surface area contributed by atoms with Gasteiger partial charge in [-0.1, -0.05) is 12.1 Å². The van der Waals surface area contributed by atoms with Gasteiger partial charge < -0.3 is 15.1 Å². The van der Waals surface area contributed by atoms with Gasteiger partial charge in [-0.15, -0.1) is 17.1 Å². The predicted octanol–water partition coefficient (Wildman–Crippen LogP) is 4.00. The fourth-order valence-electron chi connectivity index (χ4n) is 4.10. The molecule has 206 valence electrons. The van der Waals surface area contributed by atoms with Gasteiger partial charge in [0.25, 0.3) is 11.5 Å². The van der Waals surface area contributed by atoms with Gasteiger partial charge in [0.05, 0.1) is 40.6 Å². The van der Waals surface area contributed by atoms with Crippen molar-refractivity contribution in [2.45, 2.75) is 32.5 Å². The molecule has 1 aliphatic heterocycles. The fraction of sp³-hybridized carbons (Fsp3) is 0.308. The number of carbonyl (C=O) groups excluding carboxylic acids is 1. The van der Waals surface area contributed by atoms with Gasteiger partial charge in [0, 0.05) is 19.5 Å². The molecule has 0 radical (unpaired) electrons. The standard InChI is InChI=1S/C26H23F4N5O3.ClH/c1-2-38-35-24(37)20-15-34(23(36)19-8-5-17(14-31)13-21(19)27)12-10-22(20)33-25(35)32-11-9-16-3-6-18(7-4-16)26(28,29)30;/h3-8,13H,2,9-12,15H2,1H3,(H,32,33);1H. The summed E-state index contributed by atoms with van der Waals surface area (Å²) in [5, 5.41) is 11.9. The summed E-state index contributed by atoms with van der Waals surface area (Å²) in [4.78, 5) is 37.5. The van der Waals surface area contributed by atoms with Crippen LogP contribution in [0.5, 0.6) is 0 Å². The van der Waals surface area contributed by atoms with Crippen molar-refractivity contribution in [1.29, 1.82) is 5.26 Å². The average Bonchev–Trinajstić information content (AvgIpc) is 2.90. The molecule has 1 aromatic heterocycles. The van der Waals surface area contributed by atoms with E-state index in [-0.39, 0.29) is 67.7 Å². The normalized spacial score (nSPS) is 12.7. The molecule has 2 aromatic carbocycles. The Balaban J connectivity index is 0.00000420. The number of hydrogen-bond donors (Lipinski definition) is 1. The number of carbonyl (C=O) groups is 1. The molecule has 1 N–H and O–H groups in total. The Morgan fingerprint density at radius 1 is 1.21 bits per heavy atom. The Morgan fingerprint density at radius 3 is 2.54 bits per heavy atom. The van der Waals surface area contributed by atoms with Crippen molar-refractivity contribution in [3.8, 4) is 6.07 Å². The van der Waals surface area contributed by atoms with Gasteiger partial charge in [-0.25, -0.2) is 9.37 Å². The van der Waals surface area contributed by atoms with Crippen LogP contribution in [0.4, 0.5) is 23.5 Å². The average molecular weight is 566 g/mol. The molecule has 0 saturated carbocycles. The lowest BCUT2D eigenvalue weighted by Crippen LogP contribution is -2.43. The van der Waals surface area contributed by atoms with Crippen molar-refractivity contribution < 1.29 is 27.2 Å². The number of anilines is 1. The van der Waals surface area contributed by atoms with Crippen molar-refractivity contribution in [2.24, 2.45) is 0 Å². The molecule has 0 unspecified atom stereocenters. The number of nitrogens with one attached hydrogen (secondary N) is 1. The molecule has 1 aliphatic rings. The second-order valence-corrected chi connectivity index (χ2v) is 8.53. The summed E-state index contributed by atoms with van der Waals surface area (Å²) in [6.07, 6.45) is -3.79. The number of aromatic nitrogens is 2. The molecule has 0 fully saturated rings. The highest BCUT2D eigenvalue weighted by atomic mass is 35.5. The highest BCUT2D eigenvalue weighted by Crippen LogP contribution is 2.29. The van der Waals surface area contributed by atoms with Gasteiger partial charge in [-0.05, 0) is 49.2 Å². The van der Waals surface area contributed by atoms with Crippen molar-refractivity contribution in [1.82, 2.24) is 14.6 Å². The van der Waals surface area contributed by atoms with Crippen LogP contribution in [0.25, 0.3) is 0 Å². The van der Waals surface area contributed by atoms with Crippen molar-refractivity contribution in [3.05, 3.63) is 92.1 Å². The van der Waals surface area contributed by atoms with Crippen molar-refractivity contribution in [2.75, 3.05) is 25.0 Å². The first kappa shape index (κ1) is 29.4. The molecule has 4 rings (SSSR count). The SMILES string of the molecule is CCOn1c(NCCc2ccc(C(F)(F)F)cc2)nc2c(c1=O)CN(C(=O)c1ccc(C#N)cc1F)CC2.Cl. The Labute approximate surface area is 227 Å². The molecule has 0 spiro atoms. The van der Waals surface area contributed by atoms with E-state index in [4.69, 9.17) is 10.1 Å². The first-order valence-electron chi connectivity index (χ1n) is 11.8. The predicted molar refractivity (Wildman–Crippen MR) is 136 cm³/mol. The van der Waals surface area contributed by atoms with Gasteiger partial charge in [-0.3, -0.25) is 9.59 Å². The van der Waals surface area contributed by atoms with E-state index in [2.05, 4.69) is 10.3 Å². The third kappa shape index (κ3) is 6.49. The van der Waals surface area contributed by atoms with Crippen LogP contribution in [-0.2, 0) is 25.6 Å². The largest absolute Gasteiger partial charge is 0.416 e. The molecule has 0 bridgehead atoms. The minimum absolute atomic E-state index is 0. The molecule has 13 heteroatoms. The van der Waals surface area contributed by atoms with E-state index < -0.39 is 29.0 Å². The van der Waals surface area contributed by atoms with Crippen LogP contribution in [0.1, 0.15) is 45.2 Å². The smallest absolute Gasteiger partial charge is 0.408 e. The van der Waals surface area contributed by atoms with Gasteiger partial charge in [0.2, 0.25) is 5.95 Å². The molecule has 39 heavy (non-hydrogen) atoms. The lowest BCUT2D eigenvalue weighted by Gasteiger charge is -2.29. The molecule has 0 saturated heterocycles. The summed E-state index contributed by atoms with van der Waals surface area (Å²) >= 11 is 0. The number of fused-ring (bicyclic) bond motifs is 1. The first-order chi connectivity index (χ1) is 18.1. The van der Waals surface area contributed by atoms with Crippen molar-refractivity contribution >= 4 is 24.3 Å². The van der Waals surface area contributed by atoms with Gasteiger partial charge in [-0.2, -0.15) is 18.4 Å². The van der Waals surface area contributed by atoms with E-state index in [1.807, 2.05) is 6.07 Å². The second-order valence-electron chi connectivity index (χ2n) is 8.53. The quantitative estimate of drug-likeness (QED) is 0.435. The molecule has 3 aromatic rings. The zero-order chi connectivity index (χ0) is 27.4. The number of rotatable bonds is 7. The number of amides is 1. The maximum atomic E-state index is 14.4. The molecular weight excluding hydrogens is 542 g/mol. The molecule has 2 heterocycles. The summed E-state index contributed by atoms with van der Waals surface area (Å²) in [5.41, 5.74) is -0.000144. The van der Waals surface area contributed by atoms with Crippen LogP contribution >= 0.6 is 12.4 Å². The van der Waals surface area contributed by atoms with Crippen LogP contribution in [0.3, 0.4) is 0 Å². The van der Waals surface area contributed by atoms with E-state index in [1.165, 1.54) is 29.2 Å². The minimum Gasteiger partial charge on any atom is -0.408 e. The van der Waals surface area contributed by atoms with Crippen LogP contribution in [0.2, 0.25) is 0 Å². The highest BCUT2D eigenvalue weighted by Gasteiger charge is 2.30. The number of halogens is 5. The Kier molecular flexibility index (Phi) is 9.19. The van der Waals surface area contributed by atoms with E-state index in [1.54, 1.807) is 6.92 Å². The monoisotopic (exact) mass is 565 g/mol. The van der Waals surface area contributed by atoms with Gasteiger partial charge in [0.1, 0.15) is 12.4 Å². The summed E-state index contributed by atoms with van der Waals surface area (Å²) in [6.45, 7) is 2.19. The van der Waals surface area contributed by atoms with E-state index in [9.17, 15) is 27.2 Å². The number of alkyl halides is 3. The number of benzene rings is 2. The van der Waals surface area contributed by atoms with Crippen molar-refractivity contribution in [3.63, 3.8) is 0 Å². The third-order valence-corrected chi connectivity index (χ3v) is 6.04. The van der Waals surface area contributed by atoms with Gasteiger partial charge >= 0.3 is 6.18 Å². The van der Waals surface area contributed by atoms with E-state index >= 15 is 0 Å². The molecule has 1 amide bonds. The minimum atomic E-state index is -4.41. The Bertz CT molecular complexity index is 1450. The number of hydrogen-bond acceptors (Lipinski definition) is 6. The maximum absolute atomic E-state index is 14.4. The lowest BCUT2D eigenvalue weighted by atomic mass is 10.0. The van der Waals surface area contributed by atoms with Crippen LogP contribution in [-0.4, -0.2) is 40.2 Å². The van der Waals surface area contributed by atoms with E-state index in [0.29, 0.717) is 17.7 Å². The van der Waals surface area contributed by atoms with Crippen LogP contribution in [0.15, 0.2) is 47.3 Å². The summed E-state index contributed by atoms with van der Waals surface area (Å²) in [5.74, 6) is -1.29. The maximum Gasteiger partial charge on any atom is 0.416 e. The zero-order valence-corrected chi connectivity index (χ0v) is 21.5. The second kappa shape index (κ2) is 12.2. The Hall–Kier alpha value is -4.11. The topological polar surface area (TPSA) is 100 Å². The first-order valence-corrected chi connectivity index (χ1v) is 11.8. The molecular formula is C26H24ClF4N5O3. The lowest BCUT2D eigenvalue weighted by molar-refractivity contribution is -0.137. The number of nitrogens with zero attached hydrogens (tertiary/aromatic N) is 4. The molecule has 8 nitrogen and oxygen atoms in total. The highest BCUT2D eigenvalue weighted by molar-refractivity contribution is 5.94. The molecule has 0 aliphatic carbocycles. The van der Waals surface area contributed by atoms with Gasteiger partial charge in [0.15, 0.2) is 0 Å². The Morgan fingerprint density at radius 2 is 1.92 bits per heavy atom. The number of nitriles is 1. The fourth-order valence-corrected chi connectivity index (χ4v) is 4.10. The molecule has 0 atom stereocenters. The summed E-state index contributed by atoms with van der Waals surface area (Å²) in [6, 6.07) is 10.2. The van der Waals surface area contributed by atoms with Crippen LogP contribution in [0, 0.1) is 17.1 Å².